The predicted octanol–water partition coefficient (Wildman–Crippen LogP) is 4.20. The van der Waals surface area contributed by atoms with Gasteiger partial charge in [-0.2, -0.15) is 0 Å². The van der Waals surface area contributed by atoms with Gasteiger partial charge in [-0.05, 0) is 37.6 Å². The van der Waals surface area contributed by atoms with Crippen LogP contribution in [0.25, 0.3) is 0 Å². The second-order valence-corrected chi connectivity index (χ2v) is 5.71. The lowest BCUT2D eigenvalue weighted by Gasteiger charge is -2.12. The Morgan fingerprint density at radius 3 is 2.64 bits per heavy atom. The monoisotopic (exact) mass is 338 g/mol. The fourth-order valence-corrected chi connectivity index (χ4v) is 2.72. The number of hydrogen-bond donors (Lipinski definition) is 1. The molecular weight excluding hydrogens is 323 g/mol. The molecular formula is C16H16Cl2N2O2. The highest BCUT2D eigenvalue weighted by Crippen LogP contribution is 2.27. The lowest BCUT2D eigenvalue weighted by molar-refractivity contribution is -0.115. The van der Waals surface area contributed by atoms with Gasteiger partial charge in [-0.15, -0.1) is 0 Å². The second kappa shape index (κ2) is 6.99. The van der Waals surface area contributed by atoms with Crippen molar-refractivity contribution < 1.29 is 9.53 Å². The molecule has 0 bridgehead atoms. The quantitative estimate of drug-likeness (QED) is 0.850. The number of aryl methyl sites for hydroxylation is 2. The van der Waals surface area contributed by atoms with E-state index in [1.165, 1.54) is 0 Å². The summed E-state index contributed by atoms with van der Waals surface area (Å²) in [5, 5.41) is 3.49. The Morgan fingerprint density at radius 2 is 2.00 bits per heavy atom. The fraction of sp³-hybridized carbons (Fsp3) is 0.250. The summed E-state index contributed by atoms with van der Waals surface area (Å²) in [5.74, 6) is 0.358. The minimum atomic E-state index is -0.238. The zero-order valence-corrected chi connectivity index (χ0v) is 14.0. The van der Waals surface area contributed by atoms with Crippen LogP contribution in [-0.4, -0.2) is 18.0 Å². The van der Waals surface area contributed by atoms with Gasteiger partial charge in [0.1, 0.15) is 10.9 Å². The molecule has 0 aliphatic carbocycles. The van der Waals surface area contributed by atoms with Gasteiger partial charge in [-0.3, -0.25) is 4.79 Å². The van der Waals surface area contributed by atoms with Crippen LogP contribution in [0.2, 0.25) is 10.2 Å². The van der Waals surface area contributed by atoms with Crippen molar-refractivity contribution in [2.45, 2.75) is 20.3 Å². The van der Waals surface area contributed by atoms with E-state index in [-0.39, 0.29) is 17.5 Å². The smallest absolute Gasteiger partial charge is 0.229 e. The highest BCUT2D eigenvalue weighted by molar-refractivity contribution is 6.35. The second-order valence-electron chi connectivity index (χ2n) is 4.94. The molecule has 0 fully saturated rings. The number of methoxy groups -OCH3 is 1. The zero-order valence-electron chi connectivity index (χ0n) is 12.5. The number of ether oxygens (including phenoxy) is 1. The predicted molar refractivity (Wildman–Crippen MR) is 89.1 cm³/mol. The van der Waals surface area contributed by atoms with Crippen molar-refractivity contribution >= 4 is 34.8 Å². The highest BCUT2D eigenvalue weighted by Gasteiger charge is 2.14. The van der Waals surface area contributed by atoms with E-state index in [0.717, 1.165) is 5.56 Å². The Kier molecular flexibility index (Phi) is 5.27. The Labute approximate surface area is 139 Å². The molecule has 1 aromatic carbocycles. The van der Waals surface area contributed by atoms with Crippen LogP contribution in [0.1, 0.15) is 16.8 Å². The Balaban J connectivity index is 2.19. The molecule has 4 nitrogen and oxygen atoms in total. The Morgan fingerprint density at radius 1 is 1.27 bits per heavy atom. The first-order valence-corrected chi connectivity index (χ1v) is 7.42. The topological polar surface area (TPSA) is 51.2 Å². The van der Waals surface area contributed by atoms with Crippen molar-refractivity contribution in [3.8, 4) is 5.75 Å². The molecule has 0 radical (unpaired) electrons. The summed E-state index contributed by atoms with van der Waals surface area (Å²) in [4.78, 5) is 16.4. The number of hydrogen-bond acceptors (Lipinski definition) is 3. The maximum atomic E-state index is 12.2. The summed E-state index contributed by atoms with van der Waals surface area (Å²) >= 11 is 12.2. The number of aromatic nitrogens is 1. The highest BCUT2D eigenvalue weighted by atomic mass is 35.5. The third-order valence-corrected chi connectivity index (χ3v) is 3.76. The summed E-state index contributed by atoms with van der Waals surface area (Å²) in [7, 11) is 1.55. The number of nitrogens with zero attached hydrogens (tertiary/aromatic N) is 1. The van der Waals surface area contributed by atoms with Gasteiger partial charge in [0.25, 0.3) is 0 Å². The number of halogens is 2. The van der Waals surface area contributed by atoms with Crippen LogP contribution in [0.4, 0.5) is 5.69 Å². The maximum Gasteiger partial charge on any atom is 0.229 e. The molecule has 116 valence electrons. The van der Waals surface area contributed by atoms with Gasteiger partial charge >= 0.3 is 0 Å². The van der Waals surface area contributed by atoms with Gasteiger partial charge in [0.2, 0.25) is 5.91 Å². The van der Waals surface area contributed by atoms with E-state index in [1.54, 1.807) is 26.2 Å². The third-order valence-electron chi connectivity index (χ3n) is 3.11. The van der Waals surface area contributed by atoms with Crippen LogP contribution in [-0.2, 0) is 11.2 Å². The van der Waals surface area contributed by atoms with Gasteiger partial charge in [-0.25, -0.2) is 4.98 Å². The molecule has 0 spiro atoms. The largest absolute Gasteiger partial charge is 0.495 e. The molecule has 2 aromatic rings. The van der Waals surface area contributed by atoms with Crippen molar-refractivity contribution in [1.82, 2.24) is 4.98 Å². The van der Waals surface area contributed by atoms with Crippen molar-refractivity contribution in [1.29, 1.82) is 0 Å². The Bertz CT molecular complexity index is 694. The number of benzene rings is 1. The lowest BCUT2D eigenvalue weighted by Crippen LogP contribution is -2.16. The van der Waals surface area contributed by atoms with Gasteiger partial charge in [0.15, 0.2) is 0 Å². The number of anilines is 1. The van der Waals surface area contributed by atoms with Crippen LogP contribution in [0.15, 0.2) is 24.3 Å². The van der Waals surface area contributed by atoms with Crippen LogP contribution in [0.5, 0.6) is 5.75 Å². The molecule has 22 heavy (non-hydrogen) atoms. The summed E-state index contributed by atoms with van der Waals surface area (Å²) < 4.78 is 5.24. The SMILES string of the molecule is COc1ccc(C)cc1NC(=O)Cc1c(Cl)cc(C)nc1Cl. The number of amides is 1. The lowest BCUT2D eigenvalue weighted by atomic mass is 10.1. The molecule has 1 heterocycles. The maximum absolute atomic E-state index is 12.2. The van der Waals surface area contributed by atoms with Crippen molar-refractivity contribution in [3.63, 3.8) is 0 Å². The number of carbonyl (C=O) groups is 1. The van der Waals surface area contributed by atoms with E-state index >= 15 is 0 Å². The van der Waals surface area contributed by atoms with E-state index in [4.69, 9.17) is 27.9 Å². The molecule has 1 N–H and O–H groups in total. The summed E-state index contributed by atoms with van der Waals surface area (Å²) in [6.45, 7) is 3.73. The first-order valence-electron chi connectivity index (χ1n) is 6.66. The van der Waals surface area contributed by atoms with Gasteiger partial charge < -0.3 is 10.1 Å². The molecule has 0 aliphatic heterocycles. The van der Waals surface area contributed by atoms with E-state index in [0.29, 0.717) is 27.7 Å². The first kappa shape index (κ1) is 16.6. The summed E-state index contributed by atoms with van der Waals surface area (Å²) in [6, 6.07) is 7.24. The summed E-state index contributed by atoms with van der Waals surface area (Å²) in [6.07, 6.45) is 0.0437. The van der Waals surface area contributed by atoms with Crippen LogP contribution in [0, 0.1) is 13.8 Å². The van der Waals surface area contributed by atoms with E-state index < -0.39 is 0 Å². The van der Waals surface area contributed by atoms with E-state index in [1.807, 2.05) is 19.1 Å². The average Bonchev–Trinajstić information content (AvgIpc) is 2.43. The van der Waals surface area contributed by atoms with Crippen LogP contribution >= 0.6 is 23.2 Å². The van der Waals surface area contributed by atoms with Crippen molar-refractivity contribution in [2.24, 2.45) is 0 Å². The summed E-state index contributed by atoms with van der Waals surface area (Å²) in [5.41, 5.74) is 2.85. The van der Waals surface area contributed by atoms with E-state index in [9.17, 15) is 4.79 Å². The fourth-order valence-electron chi connectivity index (χ4n) is 2.06. The molecule has 0 atom stereocenters. The molecule has 0 saturated carbocycles. The zero-order chi connectivity index (χ0) is 16.3. The molecule has 0 unspecified atom stereocenters. The van der Waals surface area contributed by atoms with E-state index in [2.05, 4.69) is 10.3 Å². The normalized spacial score (nSPS) is 10.4. The molecule has 1 aromatic heterocycles. The third kappa shape index (κ3) is 3.90. The van der Waals surface area contributed by atoms with Gasteiger partial charge in [0.05, 0.1) is 19.2 Å². The average molecular weight is 339 g/mol. The van der Waals surface area contributed by atoms with Gasteiger partial charge in [-0.1, -0.05) is 29.3 Å². The Hall–Kier alpha value is -1.78. The first-order chi connectivity index (χ1) is 10.4. The number of carbonyl (C=O) groups excluding carboxylic acids is 1. The van der Waals surface area contributed by atoms with Crippen molar-refractivity contribution in [3.05, 3.63) is 51.3 Å². The number of rotatable bonds is 4. The molecule has 2 rings (SSSR count). The minimum Gasteiger partial charge on any atom is -0.495 e. The number of pyridine rings is 1. The number of nitrogens with one attached hydrogen (secondary N) is 1. The molecule has 6 heteroatoms. The van der Waals surface area contributed by atoms with Crippen LogP contribution < -0.4 is 10.1 Å². The minimum absolute atomic E-state index is 0.0437. The van der Waals surface area contributed by atoms with Gasteiger partial charge in [0, 0.05) is 16.3 Å². The molecule has 0 aliphatic rings. The molecule has 0 saturated heterocycles. The molecule has 1 amide bonds. The van der Waals surface area contributed by atoms with Crippen LogP contribution in [0.3, 0.4) is 0 Å². The van der Waals surface area contributed by atoms with Crippen molar-refractivity contribution in [2.75, 3.05) is 12.4 Å². The standard InChI is InChI=1S/C16H16Cl2N2O2/c1-9-4-5-14(22-3)13(6-9)20-15(21)8-11-12(17)7-10(2)19-16(11)18/h4-7H,8H2,1-3H3,(H,20,21).